The monoisotopic (exact) mass is 344 g/mol. The first-order valence-electron chi connectivity index (χ1n) is 7.39. The van der Waals surface area contributed by atoms with Crippen molar-refractivity contribution in [1.82, 2.24) is 0 Å². The molecule has 3 aliphatic rings. The molecule has 118 valence electrons. The van der Waals surface area contributed by atoms with Gasteiger partial charge in [0.25, 0.3) is 0 Å². The first kappa shape index (κ1) is 16.3. The van der Waals surface area contributed by atoms with Gasteiger partial charge in [-0.1, -0.05) is 77.0 Å². The molecule has 1 heterocycles. The summed E-state index contributed by atoms with van der Waals surface area (Å²) in [6, 6.07) is 0. The fourth-order valence-electron chi connectivity index (χ4n) is 4.88. The van der Waals surface area contributed by atoms with Crippen LogP contribution in [0.3, 0.4) is 0 Å². The van der Waals surface area contributed by atoms with Gasteiger partial charge in [-0.25, -0.2) is 0 Å². The molecular weight excluding hydrogens is 320 g/mol. The predicted molar refractivity (Wildman–Crippen MR) is 93.4 cm³/mol. The number of hydrogen-bond donors (Lipinski definition) is 0. The second kappa shape index (κ2) is 3.72. The molecule has 3 rings (SSSR count). The maximum absolute atomic E-state index is 12.6. The van der Waals surface area contributed by atoms with E-state index in [0.29, 0.717) is 11.6 Å². The Morgan fingerprint density at radius 3 is 1.05 bits per heavy atom. The normalized spacial score (nSPS) is 35.6. The molecule has 0 radical (unpaired) electrons. The van der Waals surface area contributed by atoms with Crippen LogP contribution in [0.5, 0.6) is 0 Å². The minimum atomic E-state index is -0.340. The molecule has 2 saturated carbocycles. The Kier molecular flexibility index (Phi) is 2.88. The zero-order valence-corrected chi connectivity index (χ0v) is 16.5. The molecule has 0 bridgehead atoms. The first-order chi connectivity index (χ1) is 9.22. The first-order valence-corrected chi connectivity index (χ1v) is 10.4. The molecule has 0 atom stereocenters. The van der Waals surface area contributed by atoms with E-state index in [9.17, 15) is 9.59 Å². The summed E-state index contributed by atoms with van der Waals surface area (Å²) in [6.45, 7) is 16.6. The number of Topliss-reactive ketones (excluding diaryl/α,β-unsaturated/α-hetero) is 2. The second-order valence-electron chi connectivity index (χ2n) is 8.66. The van der Waals surface area contributed by atoms with E-state index < -0.39 is 0 Å². The average molecular weight is 345 g/mol. The highest BCUT2D eigenvalue weighted by Crippen LogP contribution is 2.88. The van der Waals surface area contributed by atoms with Gasteiger partial charge in [0.2, 0.25) is 0 Å². The third-order valence-electron chi connectivity index (χ3n) is 6.13. The molecule has 0 aromatic heterocycles. The Labute approximate surface area is 139 Å². The maximum Gasteiger partial charge on any atom is 0.148 e. The van der Waals surface area contributed by atoms with E-state index in [1.54, 1.807) is 0 Å². The zero-order chi connectivity index (χ0) is 16.3. The van der Waals surface area contributed by atoms with Gasteiger partial charge in [-0.05, 0) is 0 Å². The SMILES string of the molecule is CC1(C)C(=O)C(C)(C)C12SSC1(S2)C(C)(C)C(=O)C1(C)C. The van der Waals surface area contributed by atoms with Crippen molar-refractivity contribution in [2.75, 3.05) is 0 Å². The van der Waals surface area contributed by atoms with Crippen molar-refractivity contribution in [2.24, 2.45) is 21.7 Å². The molecule has 0 N–H and O–H groups in total. The standard InChI is InChI=1S/C16H24O2S3/c1-11(2)9(17)12(3,4)15(11)19-16(21-20-15)13(5,6)10(18)14(16,7)8/h1-8H3. The largest absolute Gasteiger partial charge is 0.298 e. The minimum Gasteiger partial charge on any atom is -0.298 e. The van der Waals surface area contributed by atoms with Crippen molar-refractivity contribution >= 4 is 44.9 Å². The van der Waals surface area contributed by atoms with Gasteiger partial charge in [0.05, 0.1) is 8.16 Å². The average Bonchev–Trinajstić information content (AvgIpc) is 2.82. The number of ketones is 2. The van der Waals surface area contributed by atoms with E-state index in [1.165, 1.54) is 0 Å². The molecule has 0 aromatic rings. The lowest BCUT2D eigenvalue weighted by Gasteiger charge is -2.66. The zero-order valence-electron chi connectivity index (χ0n) is 14.0. The minimum absolute atomic E-state index is 0.142. The van der Waals surface area contributed by atoms with Crippen molar-refractivity contribution in [2.45, 2.75) is 63.5 Å². The molecule has 0 unspecified atom stereocenters. The van der Waals surface area contributed by atoms with Crippen LogP contribution in [0.15, 0.2) is 0 Å². The van der Waals surface area contributed by atoms with Crippen molar-refractivity contribution in [3.8, 4) is 0 Å². The number of carbonyl (C=O) groups excluding carboxylic acids is 2. The van der Waals surface area contributed by atoms with E-state index in [2.05, 4.69) is 55.4 Å². The van der Waals surface area contributed by atoms with Gasteiger partial charge < -0.3 is 0 Å². The van der Waals surface area contributed by atoms with Crippen molar-refractivity contribution < 1.29 is 9.59 Å². The number of rotatable bonds is 0. The van der Waals surface area contributed by atoms with Crippen LogP contribution >= 0.6 is 33.3 Å². The summed E-state index contributed by atoms with van der Waals surface area (Å²) < 4.78 is -0.284. The Hall–Kier alpha value is 0.390. The van der Waals surface area contributed by atoms with Gasteiger partial charge in [0, 0.05) is 21.7 Å². The van der Waals surface area contributed by atoms with E-state index in [0.717, 1.165) is 0 Å². The van der Waals surface area contributed by atoms with E-state index in [-0.39, 0.29) is 29.8 Å². The molecule has 1 aliphatic heterocycles. The Bertz CT molecular complexity index is 486. The molecule has 1 saturated heterocycles. The highest BCUT2D eigenvalue weighted by molar-refractivity contribution is 8.83. The highest BCUT2D eigenvalue weighted by Gasteiger charge is 2.85. The fraction of sp³-hybridized carbons (Fsp3) is 0.875. The van der Waals surface area contributed by atoms with Crippen LogP contribution in [-0.4, -0.2) is 19.7 Å². The third kappa shape index (κ3) is 1.28. The van der Waals surface area contributed by atoms with Gasteiger partial charge in [0.1, 0.15) is 11.6 Å². The Balaban J connectivity index is 2.08. The summed E-state index contributed by atoms with van der Waals surface area (Å²) in [5.74, 6) is 0.683. The lowest BCUT2D eigenvalue weighted by Crippen LogP contribution is -2.74. The topological polar surface area (TPSA) is 34.1 Å². The van der Waals surface area contributed by atoms with E-state index in [1.807, 2.05) is 33.3 Å². The molecule has 2 spiro atoms. The fourth-order valence-corrected chi connectivity index (χ4v) is 13.7. The van der Waals surface area contributed by atoms with Crippen LogP contribution in [-0.2, 0) is 9.59 Å². The summed E-state index contributed by atoms with van der Waals surface area (Å²) in [4.78, 5) is 25.1. The lowest BCUT2D eigenvalue weighted by molar-refractivity contribution is -0.154. The number of thioether (sulfide) groups is 1. The Morgan fingerprint density at radius 1 is 0.571 bits per heavy atom. The van der Waals surface area contributed by atoms with Gasteiger partial charge in [-0.2, -0.15) is 0 Å². The van der Waals surface area contributed by atoms with Gasteiger partial charge in [-0.15, -0.1) is 11.8 Å². The van der Waals surface area contributed by atoms with Crippen LogP contribution in [0.2, 0.25) is 0 Å². The maximum atomic E-state index is 12.6. The summed E-state index contributed by atoms with van der Waals surface area (Å²) >= 11 is 1.91. The van der Waals surface area contributed by atoms with Crippen molar-refractivity contribution in [1.29, 1.82) is 0 Å². The summed E-state index contributed by atoms with van der Waals surface area (Å²) in [7, 11) is 3.69. The molecule has 0 aromatic carbocycles. The number of carbonyl (C=O) groups is 2. The quantitative estimate of drug-likeness (QED) is 0.591. The van der Waals surface area contributed by atoms with Gasteiger partial charge in [-0.3, -0.25) is 9.59 Å². The van der Waals surface area contributed by atoms with Crippen LogP contribution in [0.25, 0.3) is 0 Å². The summed E-state index contributed by atoms with van der Waals surface area (Å²) in [6.07, 6.45) is 0. The molecule has 5 heteroatoms. The van der Waals surface area contributed by atoms with Gasteiger partial charge >= 0.3 is 0 Å². The van der Waals surface area contributed by atoms with Crippen LogP contribution in [0.4, 0.5) is 0 Å². The molecule has 3 fully saturated rings. The molecule has 2 aliphatic carbocycles. The van der Waals surface area contributed by atoms with Crippen LogP contribution < -0.4 is 0 Å². The molecule has 0 amide bonds. The predicted octanol–water partition coefficient (Wildman–Crippen LogP) is 4.78. The molecule has 21 heavy (non-hydrogen) atoms. The summed E-state index contributed by atoms with van der Waals surface area (Å²) in [5, 5.41) is 0. The van der Waals surface area contributed by atoms with Crippen molar-refractivity contribution in [3.63, 3.8) is 0 Å². The highest BCUT2D eigenvalue weighted by atomic mass is 33.1. The van der Waals surface area contributed by atoms with Gasteiger partial charge in [0.15, 0.2) is 0 Å². The third-order valence-corrected chi connectivity index (χ3v) is 14.7. The van der Waals surface area contributed by atoms with Crippen LogP contribution in [0.1, 0.15) is 55.4 Å². The van der Waals surface area contributed by atoms with Crippen molar-refractivity contribution in [3.05, 3.63) is 0 Å². The molecular formula is C16H24O2S3. The Morgan fingerprint density at radius 2 is 0.810 bits per heavy atom. The van der Waals surface area contributed by atoms with E-state index in [4.69, 9.17) is 0 Å². The smallest absolute Gasteiger partial charge is 0.148 e. The van der Waals surface area contributed by atoms with Crippen LogP contribution in [0, 0.1) is 21.7 Å². The van der Waals surface area contributed by atoms with E-state index >= 15 is 0 Å². The molecule has 2 nitrogen and oxygen atoms in total. The second-order valence-corrected chi connectivity index (χ2v) is 13.2. The number of hydrogen-bond acceptors (Lipinski definition) is 5. The summed E-state index contributed by atoms with van der Waals surface area (Å²) in [5.41, 5.74) is -1.36. The lowest BCUT2D eigenvalue weighted by atomic mass is 9.53.